The molecule has 6 heteroatoms. The van der Waals surface area contributed by atoms with Gasteiger partial charge < -0.3 is 10.0 Å². The van der Waals surface area contributed by atoms with Gasteiger partial charge in [-0.15, -0.1) is 0 Å². The highest BCUT2D eigenvalue weighted by Crippen LogP contribution is 2.22. The smallest absolute Gasteiger partial charge is 0.377 e. The lowest BCUT2D eigenvalue weighted by atomic mass is 10.1. The number of carbonyl (C=O) groups is 2. The van der Waals surface area contributed by atoms with Crippen molar-refractivity contribution in [3.8, 4) is 0 Å². The van der Waals surface area contributed by atoms with Gasteiger partial charge in [-0.1, -0.05) is 0 Å². The zero-order valence-corrected chi connectivity index (χ0v) is 8.62. The Morgan fingerprint density at radius 1 is 1.19 bits per heavy atom. The van der Waals surface area contributed by atoms with Crippen LogP contribution in [0.5, 0.6) is 0 Å². The summed E-state index contributed by atoms with van der Waals surface area (Å²) in [4.78, 5) is 23.0. The summed E-state index contributed by atoms with van der Waals surface area (Å²) in [5.41, 5.74) is -0.359. The predicted molar refractivity (Wildman–Crippen MR) is 52.7 cm³/mol. The van der Waals surface area contributed by atoms with E-state index >= 15 is 0 Å². The molecule has 0 heterocycles. The maximum Gasteiger partial charge on any atom is 0.377 e. The van der Waals surface area contributed by atoms with Crippen LogP contribution in [0.1, 0.15) is 10.4 Å². The molecule has 16 heavy (non-hydrogen) atoms. The Labute approximate surface area is 90.1 Å². The van der Waals surface area contributed by atoms with Gasteiger partial charge in [0.25, 0.3) is 5.78 Å². The fourth-order valence-electron chi connectivity index (χ4n) is 1.20. The van der Waals surface area contributed by atoms with Gasteiger partial charge in [0.2, 0.25) is 0 Å². The standard InChI is InChI=1S/C10H9F2NO3/c1-13(2)8-4-7(12)6(11)3-5(8)9(14)10(15)16/h3-4H,1-2H3,(H,15,16). The molecule has 0 aliphatic carbocycles. The Morgan fingerprint density at radius 3 is 2.12 bits per heavy atom. The van der Waals surface area contributed by atoms with Crippen LogP contribution in [0, 0.1) is 11.6 Å². The number of benzene rings is 1. The van der Waals surface area contributed by atoms with Crippen molar-refractivity contribution in [2.75, 3.05) is 19.0 Å². The number of anilines is 1. The van der Waals surface area contributed by atoms with E-state index in [4.69, 9.17) is 5.11 Å². The summed E-state index contributed by atoms with van der Waals surface area (Å²) in [6.07, 6.45) is 0. The molecule has 0 spiro atoms. The van der Waals surface area contributed by atoms with E-state index in [1.165, 1.54) is 19.0 Å². The van der Waals surface area contributed by atoms with E-state index in [9.17, 15) is 18.4 Å². The average Bonchev–Trinajstić information content (AvgIpc) is 2.19. The predicted octanol–water partition coefficient (Wildman–Crippen LogP) is 1.30. The minimum atomic E-state index is -1.71. The van der Waals surface area contributed by atoms with E-state index in [0.717, 1.165) is 6.07 Å². The summed E-state index contributed by atoms with van der Waals surface area (Å²) in [5.74, 6) is -5.38. The molecule has 0 saturated carbocycles. The van der Waals surface area contributed by atoms with E-state index in [1.54, 1.807) is 0 Å². The molecule has 1 N–H and O–H groups in total. The van der Waals surface area contributed by atoms with Crippen LogP contribution in [0.4, 0.5) is 14.5 Å². The zero-order valence-electron chi connectivity index (χ0n) is 8.62. The quantitative estimate of drug-likeness (QED) is 0.627. The molecule has 4 nitrogen and oxygen atoms in total. The molecule has 1 aromatic rings. The molecule has 0 aliphatic rings. The summed E-state index contributed by atoms with van der Waals surface area (Å²) in [6.45, 7) is 0. The third kappa shape index (κ3) is 2.16. The first-order valence-corrected chi connectivity index (χ1v) is 4.28. The molecular formula is C10H9F2NO3. The van der Waals surface area contributed by atoms with Crippen LogP contribution in [-0.4, -0.2) is 31.0 Å². The second kappa shape index (κ2) is 4.26. The summed E-state index contributed by atoms with van der Waals surface area (Å²) in [7, 11) is 2.98. The van der Waals surface area contributed by atoms with Gasteiger partial charge >= 0.3 is 5.97 Å². The van der Waals surface area contributed by atoms with Crippen LogP contribution in [0.2, 0.25) is 0 Å². The Kier molecular flexibility index (Phi) is 3.22. The van der Waals surface area contributed by atoms with Gasteiger partial charge in [-0.3, -0.25) is 4.79 Å². The van der Waals surface area contributed by atoms with Crippen molar-refractivity contribution >= 4 is 17.4 Å². The second-order valence-corrected chi connectivity index (χ2v) is 3.31. The van der Waals surface area contributed by atoms with Crippen molar-refractivity contribution in [2.45, 2.75) is 0 Å². The third-order valence-corrected chi connectivity index (χ3v) is 1.96. The van der Waals surface area contributed by atoms with E-state index in [0.29, 0.717) is 6.07 Å². The minimum absolute atomic E-state index is 0.0197. The molecule has 1 aromatic carbocycles. The Hall–Kier alpha value is -1.98. The van der Waals surface area contributed by atoms with Crippen molar-refractivity contribution < 1.29 is 23.5 Å². The lowest BCUT2D eigenvalue weighted by molar-refractivity contribution is -0.131. The number of aliphatic carboxylic acids is 1. The highest BCUT2D eigenvalue weighted by Gasteiger charge is 2.22. The normalized spacial score (nSPS) is 10.0. The average molecular weight is 229 g/mol. The number of carboxylic acids is 1. The topological polar surface area (TPSA) is 57.6 Å². The van der Waals surface area contributed by atoms with Gasteiger partial charge in [0.15, 0.2) is 11.6 Å². The summed E-state index contributed by atoms with van der Waals surface area (Å²) < 4.78 is 25.8. The number of Topliss-reactive ketones (excluding diaryl/α,β-unsaturated/α-hetero) is 1. The minimum Gasteiger partial charge on any atom is -0.475 e. The largest absolute Gasteiger partial charge is 0.475 e. The Balaban J connectivity index is 3.42. The molecule has 0 bridgehead atoms. The monoisotopic (exact) mass is 229 g/mol. The highest BCUT2D eigenvalue weighted by atomic mass is 19.2. The van der Waals surface area contributed by atoms with Crippen molar-refractivity contribution in [2.24, 2.45) is 0 Å². The van der Waals surface area contributed by atoms with Gasteiger partial charge in [0.1, 0.15) is 0 Å². The number of carbonyl (C=O) groups excluding carboxylic acids is 1. The van der Waals surface area contributed by atoms with E-state index in [1.807, 2.05) is 0 Å². The number of carboxylic acid groups (broad SMARTS) is 1. The fraction of sp³-hybridized carbons (Fsp3) is 0.200. The van der Waals surface area contributed by atoms with Gasteiger partial charge in [-0.2, -0.15) is 0 Å². The molecule has 0 atom stereocenters. The number of rotatable bonds is 3. The number of hydrogen-bond donors (Lipinski definition) is 1. The number of hydrogen-bond acceptors (Lipinski definition) is 3. The lowest BCUT2D eigenvalue weighted by Crippen LogP contribution is -2.19. The van der Waals surface area contributed by atoms with Crippen LogP contribution in [0.25, 0.3) is 0 Å². The first-order chi connectivity index (χ1) is 7.34. The molecule has 0 aromatic heterocycles. The van der Waals surface area contributed by atoms with Gasteiger partial charge in [-0.25, -0.2) is 13.6 Å². The Bertz CT molecular complexity index is 458. The van der Waals surface area contributed by atoms with Crippen molar-refractivity contribution in [3.05, 3.63) is 29.3 Å². The van der Waals surface area contributed by atoms with Crippen LogP contribution in [0.3, 0.4) is 0 Å². The molecule has 0 saturated heterocycles. The lowest BCUT2D eigenvalue weighted by Gasteiger charge is -2.16. The number of nitrogens with zero attached hydrogens (tertiary/aromatic N) is 1. The van der Waals surface area contributed by atoms with E-state index in [2.05, 4.69) is 0 Å². The maximum atomic E-state index is 12.9. The van der Waals surface area contributed by atoms with Crippen LogP contribution >= 0.6 is 0 Å². The van der Waals surface area contributed by atoms with Crippen molar-refractivity contribution in [1.82, 2.24) is 0 Å². The third-order valence-electron chi connectivity index (χ3n) is 1.96. The van der Waals surface area contributed by atoms with E-state index in [-0.39, 0.29) is 11.3 Å². The molecule has 0 radical (unpaired) electrons. The van der Waals surface area contributed by atoms with Gasteiger partial charge in [0, 0.05) is 20.2 Å². The SMILES string of the molecule is CN(C)c1cc(F)c(F)cc1C(=O)C(=O)O. The van der Waals surface area contributed by atoms with Gasteiger partial charge in [-0.05, 0) is 6.07 Å². The van der Waals surface area contributed by atoms with E-state index < -0.39 is 23.4 Å². The van der Waals surface area contributed by atoms with Gasteiger partial charge in [0.05, 0.1) is 11.3 Å². The molecule has 0 fully saturated rings. The highest BCUT2D eigenvalue weighted by molar-refractivity contribution is 6.41. The maximum absolute atomic E-state index is 12.9. The first-order valence-electron chi connectivity index (χ1n) is 4.28. The van der Waals surface area contributed by atoms with Crippen molar-refractivity contribution in [3.63, 3.8) is 0 Å². The summed E-state index contributed by atoms with van der Waals surface area (Å²) in [5, 5.41) is 8.52. The summed E-state index contributed by atoms with van der Waals surface area (Å²) in [6, 6.07) is 1.37. The second-order valence-electron chi connectivity index (χ2n) is 3.31. The van der Waals surface area contributed by atoms with Crippen LogP contribution in [-0.2, 0) is 4.79 Å². The van der Waals surface area contributed by atoms with Crippen LogP contribution in [0.15, 0.2) is 12.1 Å². The first kappa shape index (κ1) is 12.1. The molecule has 0 aliphatic heterocycles. The fourth-order valence-corrected chi connectivity index (χ4v) is 1.20. The molecule has 86 valence electrons. The molecular weight excluding hydrogens is 220 g/mol. The number of halogens is 2. The zero-order chi connectivity index (χ0) is 12.5. The number of ketones is 1. The molecule has 0 amide bonds. The van der Waals surface area contributed by atoms with Crippen molar-refractivity contribution in [1.29, 1.82) is 0 Å². The molecule has 1 rings (SSSR count). The Morgan fingerprint density at radius 2 is 1.69 bits per heavy atom. The molecule has 0 unspecified atom stereocenters. The summed E-state index contributed by atoms with van der Waals surface area (Å²) >= 11 is 0. The van der Waals surface area contributed by atoms with Crippen LogP contribution < -0.4 is 4.90 Å².